The molecule has 0 aliphatic rings. The lowest BCUT2D eigenvalue weighted by molar-refractivity contribution is -0.272. The van der Waals surface area contributed by atoms with E-state index in [1.807, 2.05) is 0 Å². The van der Waals surface area contributed by atoms with Gasteiger partial charge in [0.05, 0.1) is 11.9 Å². The molecular formula is C16H15F4N5O2. The van der Waals surface area contributed by atoms with Crippen molar-refractivity contribution in [2.45, 2.75) is 26.6 Å². The Morgan fingerprint density at radius 2 is 1.96 bits per heavy atom. The molecule has 0 aliphatic carbocycles. The average molecular weight is 385 g/mol. The van der Waals surface area contributed by atoms with Crippen molar-refractivity contribution in [3.05, 3.63) is 36.3 Å². The molecule has 7 nitrogen and oxygen atoms in total. The summed E-state index contributed by atoms with van der Waals surface area (Å²) in [6.45, 7) is 0.980. The minimum atomic E-state index is -3.32. The van der Waals surface area contributed by atoms with Gasteiger partial charge < -0.3 is 9.47 Å². The Bertz CT molecular complexity index is 948. The molecule has 0 saturated carbocycles. The molecule has 3 rings (SSSR count). The summed E-state index contributed by atoms with van der Waals surface area (Å²) in [6.07, 6.45) is 0.709. The number of alkyl halides is 3. The maximum Gasteiger partial charge on any atom is 0.358 e. The fourth-order valence-electron chi connectivity index (χ4n) is 2.15. The second-order valence-electron chi connectivity index (χ2n) is 5.89. The first-order valence-electron chi connectivity index (χ1n) is 7.88. The van der Waals surface area contributed by atoms with Gasteiger partial charge in [-0.1, -0.05) is 13.8 Å². The van der Waals surface area contributed by atoms with Crippen molar-refractivity contribution in [1.82, 2.24) is 24.6 Å². The molecule has 0 aromatic carbocycles. The predicted octanol–water partition coefficient (Wildman–Crippen LogP) is 3.40. The van der Waals surface area contributed by atoms with E-state index in [9.17, 15) is 17.6 Å². The molecule has 0 fully saturated rings. The van der Waals surface area contributed by atoms with Crippen LogP contribution >= 0.6 is 0 Å². The molecule has 3 aromatic heterocycles. The normalized spacial score (nSPS) is 12.1. The van der Waals surface area contributed by atoms with Crippen LogP contribution in [0.5, 0.6) is 5.88 Å². The van der Waals surface area contributed by atoms with Gasteiger partial charge in [0.2, 0.25) is 6.86 Å². The molecular weight excluding hydrogens is 370 g/mol. The van der Waals surface area contributed by atoms with Crippen LogP contribution in [-0.4, -0.2) is 37.5 Å². The van der Waals surface area contributed by atoms with Crippen molar-refractivity contribution < 1.29 is 27.0 Å². The summed E-state index contributed by atoms with van der Waals surface area (Å²) in [5.74, 6) is -2.22. The van der Waals surface area contributed by atoms with Crippen molar-refractivity contribution in [3.8, 4) is 17.1 Å². The number of hydrogen-bond acceptors (Lipinski definition) is 6. The van der Waals surface area contributed by atoms with E-state index in [0.717, 1.165) is 6.07 Å². The molecule has 0 unspecified atom stereocenters. The summed E-state index contributed by atoms with van der Waals surface area (Å²) in [5, 5.41) is 7.64. The third kappa shape index (κ3) is 3.97. The van der Waals surface area contributed by atoms with Gasteiger partial charge >= 0.3 is 6.11 Å². The molecule has 0 N–H and O–H groups in total. The maximum absolute atomic E-state index is 13.9. The zero-order valence-electron chi connectivity index (χ0n) is 14.4. The van der Waals surface area contributed by atoms with Gasteiger partial charge in [-0.25, -0.2) is 13.8 Å². The lowest BCUT2D eigenvalue weighted by atomic mass is 10.2. The number of aromatic nitrogens is 5. The van der Waals surface area contributed by atoms with Gasteiger partial charge in [0.25, 0.3) is 5.88 Å². The number of ether oxygens (including phenoxy) is 2. The van der Waals surface area contributed by atoms with Crippen LogP contribution in [0.25, 0.3) is 16.9 Å². The largest absolute Gasteiger partial charge is 0.444 e. The van der Waals surface area contributed by atoms with Crippen LogP contribution in [0.1, 0.15) is 19.7 Å². The average Bonchev–Trinajstić information content (AvgIpc) is 3.04. The molecule has 144 valence electrons. The van der Waals surface area contributed by atoms with Crippen molar-refractivity contribution in [1.29, 1.82) is 0 Å². The highest BCUT2D eigenvalue weighted by atomic mass is 19.3. The second-order valence-corrected chi connectivity index (χ2v) is 5.89. The second kappa shape index (κ2) is 7.43. The van der Waals surface area contributed by atoms with E-state index in [2.05, 4.69) is 29.6 Å². The number of rotatable bonds is 7. The fourth-order valence-corrected chi connectivity index (χ4v) is 2.15. The third-order valence-electron chi connectivity index (χ3n) is 3.72. The van der Waals surface area contributed by atoms with E-state index in [1.165, 1.54) is 36.8 Å². The van der Waals surface area contributed by atoms with Crippen LogP contribution in [0.4, 0.5) is 17.6 Å². The SMILES string of the molecule is CC(C)C(F)(F)OCc1nnc2cnc(-c3cnc(OCF)c(F)c3)cn12. The molecule has 0 atom stereocenters. The number of pyridine rings is 1. The third-order valence-corrected chi connectivity index (χ3v) is 3.72. The van der Waals surface area contributed by atoms with Crippen molar-refractivity contribution in [2.24, 2.45) is 5.92 Å². The van der Waals surface area contributed by atoms with Crippen LogP contribution in [0.15, 0.2) is 24.7 Å². The van der Waals surface area contributed by atoms with E-state index in [4.69, 9.17) is 0 Å². The quantitative estimate of drug-likeness (QED) is 0.581. The van der Waals surface area contributed by atoms with E-state index in [1.54, 1.807) is 0 Å². The molecule has 11 heteroatoms. The molecule has 3 aromatic rings. The zero-order valence-corrected chi connectivity index (χ0v) is 14.4. The van der Waals surface area contributed by atoms with Gasteiger partial charge in [0.1, 0.15) is 6.61 Å². The summed E-state index contributed by atoms with van der Waals surface area (Å²) < 4.78 is 63.8. The first-order valence-corrected chi connectivity index (χ1v) is 7.88. The van der Waals surface area contributed by atoms with Crippen molar-refractivity contribution in [2.75, 3.05) is 6.86 Å². The Kier molecular flexibility index (Phi) is 5.22. The Morgan fingerprint density at radius 3 is 2.63 bits per heavy atom. The standard InChI is InChI=1S/C16H15F4N5O2/c1-9(2)16(19,20)27-7-14-24-23-13-5-21-12(6-25(13)14)10-3-11(18)15(22-4-10)26-8-17/h3-6,9H,7-8H2,1-2H3. The molecule has 3 heterocycles. The number of fused-ring (bicyclic) bond motifs is 1. The van der Waals surface area contributed by atoms with Gasteiger partial charge in [-0.15, -0.1) is 10.2 Å². The zero-order chi connectivity index (χ0) is 19.6. The van der Waals surface area contributed by atoms with Crippen LogP contribution < -0.4 is 4.74 Å². The van der Waals surface area contributed by atoms with Gasteiger partial charge in [-0.05, 0) is 6.07 Å². The highest BCUT2D eigenvalue weighted by molar-refractivity contribution is 5.59. The first kappa shape index (κ1) is 19.0. The van der Waals surface area contributed by atoms with Gasteiger partial charge in [0, 0.05) is 23.9 Å². The van der Waals surface area contributed by atoms with E-state index in [0.29, 0.717) is 5.65 Å². The Balaban J connectivity index is 1.90. The van der Waals surface area contributed by atoms with E-state index in [-0.39, 0.29) is 17.1 Å². The minimum Gasteiger partial charge on any atom is -0.444 e. The predicted molar refractivity (Wildman–Crippen MR) is 85.1 cm³/mol. The highest BCUT2D eigenvalue weighted by Gasteiger charge is 2.35. The smallest absolute Gasteiger partial charge is 0.358 e. The van der Waals surface area contributed by atoms with Gasteiger partial charge in [0.15, 0.2) is 17.3 Å². The minimum absolute atomic E-state index is 0.125. The molecule has 0 aliphatic heterocycles. The van der Waals surface area contributed by atoms with E-state index >= 15 is 0 Å². The lowest BCUT2D eigenvalue weighted by Gasteiger charge is -2.19. The van der Waals surface area contributed by atoms with Gasteiger partial charge in [-0.2, -0.15) is 8.78 Å². The van der Waals surface area contributed by atoms with Crippen LogP contribution in [-0.2, 0) is 11.3 Å². The van der Waals surface area contributed by atoms with Gasteiger partial charge in [-0.3, -0.25) is 9.38 Å². The van der Waals surface area contributed by atoms with Crippen molar-refractivity contribution in [3.63, 3.8) is 0 Å². The molecule has 0 amide bonds. The Labute approximate surface area is 151 Å². The number of nitrogens with zero attached hydrogens (tertiary/aromatic N) is 5. The molecule has 27 heavy (non-hydrogen) atoms. The highest BCUT2D eigenvalue weighted by Crippen LogP contribution is 2.27. The van der Waals surface area contributed by atoms with Crippen molar-refractivity contribution >= 4 is 5.65 Å². The summed E-state index contributed by atoms with van der Waals surface area (Å²) in [7, 11) is 0. The summed E-state index contributed by atoms with van der Waals surface area (Å²) in [5.41, 5.74) is 0.849. The maximum atomic E-state index is 13.9. The summed E-state index contributed by atoms with van der Waals surface area (Å²) >= 11 is 0. The summed E-state index contributed by atoms with van der Waals surface area (Å²) in [4.78, 5) is 7.79. The summed E-state index contributed by atoms with van der Waals surface area (Å²) in [6, 6.07) is 1.07. The molecule has 0 saturated heterocycles. The number of halogens is 4. The molecule has 0 bridgehead atoms. The van der Waals surface area contributed by atoms with Crippen LogP contribution in [0.2, 0.25) is 0 Å². The van der Waals surface area contributed by atoms with Crippen LogP contribution in [0, 0.1) is 11.7 Å². The first-order chi connectivity index (χ1) is 12.8. The Hall–Kier alpha value is -2.82. The fraction of sp³-hybridized carbons (Fsp3) is 0.375. The Morgan fingerprint density at radius 1 is 1.19 bits per heavy atom. The molecule has 0 radical (unpaired) electrons. The number of hydrogen-bond donors (Lipinski definition) is 0. The lowest BCUT2D eigenvalue weighted by Crippen LogP contribution is -2.27. The van der Waals surface area contributed by atoms with E-state index < -0.39 is 37.2 Å². The van der Waals surface area contributed by atoms with Crippen LogP contribution in [0.3, 0.4) is 0 Å². The topological polar surface area (TPSA) is 74.4 Å². The monoisotopic (exact) mass is 385 g/mol. The molecule has 0 spiro atoms.